The molecule has 1 aromatic heterocycles. The summed E-state index contributed by atoms with van der Waals surface area (Å²) in [6.07, 6.45) is 0. The molecule has 2 rings (SSSR count). The van der Waals surface area contributed by atoms with E-state index in [1.165, 1.54) is 26.4 Å². The molecule has 0 aliphatic heterocycles. The number of benzene rings is 1. The fourth-order valence-electron chi connectivity index (χ4n) is 1.58. The van der Waals surface area contributed by atoms with Gasteiger partial charge in [-0.05, 0) is 15.9 Å². The number of nitrogen functional groups attached to an aromatic ring is 1. The first-order valence-corrected chi connectivity index (χ1v) is 5.70. The van der Waals surface area contributed by atoms with Crippen LogP contribution in [0.2, 0.25) is 0 Å². The molecular weight excluding hydrogens is 307 g/mol. The van der Waals surface area contributed by atoms with Crippen molar-refractivity contribution in [3.63, 3.8) is 0 Å². The normalized spacial score (nSPS) is 10.4. The number of hydrogen-bond acceptors (Lipinski definition) is 5. The van der Waals surface area contributed by atoms with Gasteiger partial charge in [-0.25, -0.2) is 4.39 Å². The number of ether oxygens (including phenoxy) is 2. The second-order valence-corrected chi connectivity index (χ2v) is 4.19. The van der Waals surface area contributed by atoms with Crippen molar-refractivity contribution < 1.29 is 18.4 Å². The van der Waals surface area contributed by atoms with Gasteiger partial charge in [0.15, 0.2) is 11.5 Å². The van der Waals surface area contributed by atoms with Crippen molar-refractivity contribution in [1.82, 2.24) is 5.16 Å². The van der Waals surface area contributed by atoms with E-state index in [4.69, 9.17) is 19.7 Å². The molecule has 0 radical (unpaired) electrons. The van der Waals surface area contributed by atoms with Crippen LogP contribution in [0, 0.1) is 5.82 Å². The van der Waals surface area contributed by atoms with Gasteiger partial charge in [0.05, 0.1) is 24.3 Å². The van der Waals surface area contributed by atoms with Crippen LogP contribution in [0.1, 0.15) is 0 Å². The van der Waals surface area contributed by atoms with Crippen molar-refractivity contribution in [2.75, 3.05) is 20.0 Å². The fourth-order valence-corrected chi connectivity index (χ4v) is 2.07. The maximum absolute atomic E-state index is 13.8. The number of anilines is 1. The number of hydrogen-bond donors (Lipinski definition) is 1. The molecule has 1 heterocycles. The predicted molar refractivity (Wildman–Crippen MR) is 67.1 cm³/mol. The third kappa shape index (κ3) is 2.01. The van der Waals surface area contributed by atoms with E-state index in [1.54, 1.807) is 0 Å². The molecule has 0 unspecified atom stereocenters. The summed E-state index contributed by atoms with van der Waals surface area (Å²) in [5, 5.41) is 3.74. The maximum atomic E-state index is 13.8. The molecule has 0 spiro atoms. The highest BCUT2D eigenvalue weighted by atomic mass is 79.9. The van der Waals surface area contributed by atoms with Gasteiger partial charge in [0.1, 0.15) is 11.5 Å². The first-order valence-electron chi connectivity index (χ1n) is 4.91. The van der Waals surface area contributed by atoms with Crippen molar-refractivity contribution in [3.8, 4) is 22.8 Å². The van der Waals surface area contributed by atoms with Gasteiger partial charge in [0.25, 0.3) is 0 Å². The minimum absolute atomic E-state index is 0.127. The minimum atomic E-state index is -0.496. The van der Waals surface area contributed by atoms with Crippen LogP contribution in [0.4, 0.5) is 10.3 Å². The Morgan fingerprint density at radius 2 is 2.06 bits per heavy atom. The quantitative estimate of drug-likeness (QED) is 0.942. The van der Waals surface area contributed by atoms with Gasteiger partial charge in [-0.2, -0.15) is 0 Å². The van der Waals surface area contributed by atoms with E-state index >= 15 is 0 Å². The summed E-state index contributed by atoms with van der Waals surface area (Å²) in [6.45, 7) is 0. The van der Waals surface area contributed by atoms with E-state index < -0.39 is 5.82 Å². The van der Waals surface area contributed by atoms with Crippen LogP contribution in [0.5, 0.6) is 11.5 Å². The van der Waals surface area contributed by atoms with E-state index in [1.807, 2.05) is 0 Å². The summed E-state index contributed by atoms with van der Waals surface area (Å²) in [6, 6.07) is 2.69. The first-order chi connectivity index (χ1) is 8.58. The molecule has 0 saturated carbocycles. The summed E-state index contributed by atoms with van der Waals surface area (Å²) >= 11 is 3.15. The Balaban J connectivity index is 2.74. The highest BCUT2D eigenvalue weighted by Crippen LogP contribution is 2.44. The summed E-state index contributed by atoms with van der Waals surface area (Å²) in [5.74, 6) is 0.236. The number of methoxy groups -OCH3 is 2. The molecule has 7 heteroatoms. The van der Waals surface area contributed by atoms with E-state index in [0.717, 1.165) is 0 Å². The van der Waals surface area contributed by atoms with E-state index in [0.29, 0.717) is 17.0 Å². The average Bonchev–Trinajstić information content (AvgIpc) is 2.78. The van der Waals surface area contributed by atoms with Gasteiger partial charge in [0, 0.05) is 12.1 Å². The smallest absolute Gasteiger partial charge is 0.222 e. The van der Waals surface area contributed by atoms with Gasteiger partial charge < -0.3 is 19.7 Å². The second-order valence-electron chi connectivity index (χ2n) is 3.40. The predicted octanol–water partition coefficient (Wildman–Crippen LogP) is 2.84. The van der Waals surface area contributed by atoms with Crippen molar-refractivity contribution in [2.24, 2.45) is 0 Å². The summed E-state index contributed by atoms with van der Waals surface area (Å²) in [5.41, 5.74) is 6.20. The van der Waals surface area contributed by atoms with Crippen molar-refractivity contribution in [1.29, 1.82) is 0 Å². The lowest BCUT2D eigenvalue weighted by atomic mass is 10.1. The Bertz CT molecular complexity index is 586. The van der Waals surface area contributed by atoms with Crippen LogP contribution in [-0.4, -0.2) is 19.4 Å². The highest BCUT2D eigenvalue weighted by Gasteiger charge is 2.22. The maximum Gasteiger partial charge on any atom is 0.222 e. The summed E-state index contributed by atoms with van der Waals surface area (Å²) in [4.78, 5) is 0. The molecule has 0 fully saturated rings. The first kappa shape index (κ1) is 12.7. The third-order valence-electron chi connectivity index (χ3n) is 2.35. The minimum Gasteiger partial charge on any atom is -0.493 e. The Kier molecular flexibility index (Phi) is 3.42. The SMILES string of the molecule is COc1cc(F)c(Br)c(-c2cc(N)on2)c1OC. The lowest BCUT2D eigenvalue weighted by Crippen LogP contribution is -1.97. The molecule has 18 heavy (non-hydrogen) atoms. The zero-order valence-electron chi connectivity index (χ0n) is 9.66. The average molecular weight is 317 g/mol. The Morgan fingerprint density at radius 1 is 1.33 bits per heavy atom. The van der Waals surface area contributed by atoms with E-state index in [-0.39, 0.29) is 16.1 Å². The Labute approximate surface area is 111 Å². The molecule has 2 N–H and O–H groups in total. The highest BCUT2D eigenvalue weighted by molar-refractivity contribution is 9.10. The summed E-state index contributed by atoms with van der Waals surface area (Å²) < 4.78 is 29.0. The molecule has 0 saturated heterocycles. The summed E-state index contributed by atoms with van der Waals surface area (Å²) in [7, 11) is 2.88. The number of nitrogens with zero attached hydrogens (tertiary/aromatic N) is 1. The molecule has 1 aromatic carbocycles. The molecule has 0 bridgehead atoms. The molecule has 0 amide bonds. The Hall–Kier alpha value is -1.76. The van der Waals surface area contributed by atoms with Gasteiger partial charge >= 0.3 is 0 Å². The van der Waals surface area contributed by atoms with Crippen LogP contribution in [0.15, 0.2) is 21.1 Å². The van der Waals surface area contributed by atoms with Gasteiger partial charge in [-0.3, -0.25) is 0 Å². The lowest BCUT2D eigenvalue weighted by Gasteiger charge is -2.13. The third-order valence-corrected chi connectivity index (χ3v) is 3.12. The van der Waals surface area contributed by atoms with Crippen molar-refractivity contribution >= 4 is 21.8 Å². The largest absolute Gasteiger partial charge is 0.493 e. The topological polar surface area (TPSA) is 70.5 Å². The standard InChI is InChI=1S/C11H10BrFN2O3/c1-16-7-3-5(13)10(12)9(11(7)17-2)6-4-8(14)18-15-6/h3-4H,14H2,1-2H3. The molecular formula is C11H10BrFN2O3. The zero-order valence-corrected chi connectivity index (χ0v) is 11.2. The monoisotopic (exact) mass is 316 g/mol. The lowest BCUT2D eigenvalue weighted by molar-refractivity contribution is 0.352. The zero-order chi connectivity index (χ0) is 13.3. The van der Waals surface area contributed by atoms with Crippen LogP contribution in [0.25, 0.3) is 11.3 Å². The van der Waals surface area contributed by atoms with Crippen molar-refractivity contribution in [3.05, 3.63) is 22.4 Å². The number of aromatic nitrogens is 1. The van der Waals surface area contributed by atoms with Gasteiger partial charge in [-0.1, -0.05) is 5.16 Å². The van der Waals surface area contributed by atoms with Gasteiger partial charge in [0.2, 0.25) is 5.88 Å². The van der Waals surface area contributed by atoms with Crippen LogP contribution < -0.4 is 15.2 Å². The molecule has 2 aromatic rings. The van der Waals surface area contributed by atoms with Gasteiger partial charge in [-0.15, -0.1) is 0 Å². The Morgan fingerprint density at radius 3 is 2.56 bits per heavy atom. The molecule has 0 aliphatic rings. The molecule has 96 valence electrons. The number of halogens is 2. The molecule has 5 nitrogen and oxygen atoms in total. The van der Waals surface area contributed by atoms with Crippen LogP contribution >= 0.6 is 15.9 Å². The fraction of sp³-hybridized carbons (Fsp3) is 0.182. The van der Waals surface area contributed by atoms with Crippen LogP contribution in [-0.2, 0) is 0 Å². The number of nitrogens with two attached hydrogens (primary N) is 1. The second kappa shape index (κ2) is 4.85. The van der Waals surface area contributed by atoms with E-state index in [9.17, 15) is 4.39 Å². The van der Waals surface area contributed by atoms with Crippen LogP contribution in [0.3, 0.4) is 0 Å². The molecule has 0 atom stereocenters. The van der Waals surface area contributed by atoms with Crippen molar-refractivity contribution in [2.45, 2.75) is 0 Å². The number of rotatable bonds is 3. The van der Waals surface area contributed by atoms with E-state index in [2.05, 4.69) is 21.1 Å². The molecule has 0 aliphatic carbocycles.